The van der Waals surface area contributed by atoms with Crippen LogP contribution in [-0.4, -0.2) is 14.7 Å². The normalized spacial score (nSPS) is 14.2. The van der Waals surface area contributed by atoms with E-state index in [1.807, 2.05) is 46.9 Å². The van der Waals surface area contributed by atoms with Crippen LogP contribution in [0.1, 0.15) is 23.1 Å². The highest BCUT2D eigenvalue weighted by atomic mass is 16.1. The Morgan fingerprint density at radius 1 is 0.541 bits per heavy atom. The molecule has 0 aliphatic carbocycles. The van der Waals surface area contributed by atoms with E-state index in [2.05, 4.69) is 175 Å². The third kappa shape index (κ3) is 6.35. The highest BCUT2D eigenvalue weighted by Crippen LogP contribution is 2.38. The second kappa shape index (κ2) is 15.0. The zero-order chi connectivity index (χ0) is 40.9. The van der Waals surface area contributed by atoms with Gasteiger partial charge < -0.3 is 4.57 Å². The Kier molecular flexibility index (Phi) is 8.85. The van der Waals surface area contributed by atoms with Crippen molar-refractivity contribution in [2.24, 2.45) is 4.99 Å². The number of aromatic nitrogens is 2. The van der Waals surface area contributed by atoms with E-state index in [1.54, 1.807) is 0 Å². The Balaban J connectivity index is 1.05. The maximum atomic E-state index is 14.7. The van der Waals surface area contributed by atoms with Crippen molar-refractivity contribution in [2.75, 3.05) is 0 Å². The van der Waals surface area contributed by atoms with Crippen LogP contribution in [0.15, 0.2) is 233 Å². The molecule has 0 atom stereocenters. The predicted molar refractivity (Wildman–Crippen MR) is 255 cm³/mol. The molecule has 11 rings (SSSR count). The summed E-state index contributed by atoms with van der Waals surface area (Å²) in [4.78, 5) is 19.9. The lowest BCUT2D eigenvalue weighted by molar-refractivity contribution is 1.15. The van der Waals surface area contributed by atoms with Gasteiger partial charge in [-0.3, -0.25) is 14.2 Å². The SMILES string of the molecule is C=C1/C=C(/c2ccccc2)N=C(c2ccccc2)CC=C=C1Cc1cc(=O)n2c3cccc(-c4ccc5c(c4)c4ccccc4n5-c4ccccc4)c3cc2c2ccccc12. The van der Waals surface area contributed by atoms with E-state index in [0.717, 1.165) is 88.8 Å². The first kappa shape index (κ1) is 36.1. The Morgan fingerprint density at radius 2 is 1.18 bits per heavy atom. The maximum Gasteiger partial charge on any atom is 0.255 e. The summed E-state index contributed by atoms with van der Waals surface area (Å²) in [6.07, 6.45) is 5.18. The van der Waals surface area contributed by atoms with Gasteiger partial charge in [0.1, 0.15) is 0 Å². The van der Waals surface area contributed by atoms with Gasteiger partial charge in [-0.25, -0.2) is 0 Å². The van der Waals surface area contributed by atoms with Gasteiger partial charge in [0, 0.05) is 57.3 Å². The fourth-order valence-electron chi connectivity index (χ4n) is 9.10. The third-order valence-electron chi connectivity index (χ3n) is 12.0. The summed E-state index contributed by atoms with van der Waals surface area (Å²) in [7, 11) is 0. The standard InChI is InChI=1S/C57H39N3O/c1-38-33-52(40-19-7-3-8-20-40)58-51(39-17-5-2-6-18-39)28-15-21-41(38)34-43-36-57(61)60-54-30-16-27-45(50(54)37-56(60)47-25-12-11-24-46(43)47)42-31-32-55-49(35-42)48-26-13-14-29-53(48)59(55)44-22-9-4-10-23-44/h2-20,22-27,29-33,35-37H,1,28,34H2/b52-33-,58-51?. The van der Waals surface area contributed by atoms with Crippen LogP contribution in [0, 0.1) is 0 Å². The minimum absolute atomic E-state index is 0.0804. The van der Waals surface area contributed by atoms with Crippen molar-refractivity contribution in [2.45, 2.75) is 12.8 Å². The summed E-state index contributed by atoms with van der Waals surface area (Å²) >= 11 is 0. The second-order valence-corrected chi connectivity index (χ2v) is 15.6. The molecule has 3 aromatic heterocycles. The number of benzene rings is 7. The highest BCUT2D eigenvalue weighted by Gasteiger charge is 2.18. The molecule has 0 unspecified atom stereocenters. The molecule has 0 saturated carbocycles. The quantitative estimate of drug-likeness (QED) is 0.155. The molecule has 1 aliphatic rings. The smallest absolute Gasteiger partial charge is 0.255 e. The lowest BCUT2D eigenvalue weighted by Crippen LogP contribution is -2.08. The molecule has 4 heteroatoms. The van der Waals surface area contributed by atoms with Crippen molar-refractivity contribution in [1.82, 2.24) is 8.97 Å². The number of rotatable bonds is 6. The number of para-hydroxylation sites is 2. The summed E-state index contributed by atoms with van der Waals surface area (Å²) in [5, 5.41) is 5.45. The molecule has 1 aliphatic heterocycles. The van der Waals surface area contributed by atoms with Crippen LogP contribution in [0.2, 0.25) is 0 Å². The monoisotopic (exact) mass is 781 g/mol. The van der Waals surface area contributed by atoms with Crippen molar-refractivity contribution in [1.29, 1.82) is 0 Å². The topological polar surface area (TPSA) is 38.8 Å². The molecule has 7 aromatic carbocycles. The van der Waals surface area contributed by atoms with Crippen molar-refractivity contribution in [3.63, 3.8) is 0 Å². The van der Waals surface area contributed by atoms with Gasteiger partial charge in [0.2, 0.25) is 0 Å². The van der Waals surface area contributed by atoms with Gasteiger partial charge in [-0.1, -0.05) is 146 Å². The lowest BCUT2D eigenvalue weighted by Gasteiger charge is -2.10. The van der Waals surface area contributed by atoms with Gasteiger partial charge >= 0.3 is 0 Å². The van der Waals surface area contributed by atoms with Gasteiger partial charge in [0.25, 0.3) is 5.56 Å². The first-order valence-corrected chi connectivity index (χ1v) is 20.7. The summed E-state index contributed by atoms with van der Waals surface area (Å²) in [6.45, 7) is 4.55. The number of hydrogen-bond donors (Lipinski definition) is 0. The number of nitrogens with zero attached hydrogens (tertiary/aromatic N) is 3. The molecule has 61 heavy (non-hydrogen) atoms. The molecule has 4 nitrogen and oxygen atoms in total. The Morgan fingerprint density at radius 3 is 1.95 bits per heavy atom. The van der Waals surface area contributed by atoms with Crippen LogP contribution >= 0.6 is 0 Å². The molecule has 0 radical (unpaired) electrons. The fourth-order valence-corrected chi connectivity index (χ4v) is 9.10. The third-order valence-corrected chi connectivity index (χ3v) is 12.0. The Bertz CT molecular complexity index is 3580. The van der Waals surface area contributed by atoms with Crippen molar-refractivity contribution >= 4 is 60.4 Å². The molecule has 0 saturated heterocycles. The van der Waals surface area contributed by atoms with Crippen molar-refractivity contribution in [3.8, 4) is 16.8 Å². The largest absolute Gasteiger partial charge is 0.309 e. The molecule has 0 fully saturated rings. The fraction of sp³-hybridized carbons (Fsp3) is 0.0351. The first-order chi connectivity index (χ1) is 30.1. The Labute approximate surface area is 353 Å². The lowest BCUT2D eigenvalue weighted by atomic mass is 9.95. The summed E-state index contributed by atoms with van der Waals surface area (Å²) in [5.41, 5.74) is 17.4. The van der Waals surface area contributed by atoms with Gasteiger partial charge in [-0.05, 0) is 87.8 Å². The number of hydrogen-bond acceptors (Lipinski definition) is 2. The van der Waals surface area contributed by atoms with E-state index in [0.29, 0.717) is 12.8 Å². The molecule has 0 spiro atoms. The maximum absolute atomic E-state index is 14.7. The number of allylic oxidation sites excluding steroid dienone is 3. The highest BCUT2D eigenvalue weighted by molar-refractivity contribution is 6.12. The average Bonchev–Trinajstić information content (AvgIpc) is 3.86. The summed E-state index contributed by atoms with van der Waals surface area (Å²) in [6, 6.07) is 65.1. The minimum atomic E-state index is -0.0804. The average molecular weight is 782 g/mol. The zero-order valence-corrected chi connectivity index (χ0v) is 33.4. The summed E-state index contributed by atoms with van der Waals surface area (Å²) in [5.74, 6) is 0. The van der Waals surface area contributed by atoms with Crippen LogP contribution in [0.4, 0.5) is 0 Å². The second-order valence-electron chi connectivity index (χ2n) is 15.6. The molecule has 0 bridgehead atoms. The summed E-state index contributed by atoms with van der Waals surface area (Å²) < 4.78 is 4.22. The van der Waals surface area contributed by atoms with E-state index in [4.69, 9.17) is 4.99 Å². The number of fused-ring (bicyclic) bond motifs is 8. The molecule has 288 valence electrons. The zero-order valence-electron chi connectivity index (χ0n) is 33.4. The molecule has 0 amide bonds. The number of aliphatic imine (C=N–C) groups is 1. The van der Waals surface area contributed by atoms with E-state index in [9.17, 15) is 4.79 Å². The van der Waals surface area contributed by atoms with Crippen LogP contribution < -0.4 is 5.56 Å². The van der Waals surface area contributed by atoms with Gasteiger partial charge in [0.05, 0.1) is 33.5 Å². The molecular weight excluding hydrogens is 743 g/mol. The van der Waals surface area contributed by atoms with Gasteiger partial charge in [-0.15, -0.1) is 5.73 Å². The van der Waals surface area contributed by atoms with Gasteiger partial charge in [-0.2, -0.15) is 0 Å². The van der Waals surface area contributed by atoms with E-state index < -0.39 is 0 Å². The van der Waals surface area contributed by atoms with Crippen LogP contribution in [0.3, 0.4) is 0 Å². The molecular formula is C57H39N3O. The van der Waals surface area contributed by atoms with E-state index in [-0.39, 0.29) is 5.56 Å². The van der Waals surface area contributed by atoms with Crippen molar-refractivity contribution < 1.29 is 0 Å². The van der Waals surface area contributed by atoms with E-state index >= 15 is 0 Å². The van der Waals surface area contributed by atoms with Gasteiger partial charge in [0.15, 0.2) is 0 Å². The van der Waals surface area contributed by atoms with Crippen molar-refractivity contribution in [3.05, 3.63) is 251 Å². The Hall–Kier alpha value is -8.04. The first-order valence-electron chi connectivity index (χ1n) is 20.7. The molecule has 10 aromatic rings. The van der Waals surface area contributed by atoms with Crippen LogP contribution in [0.25, 0.3) is 71.5 Å². The molecule has 0 N–H and O–H groups in total. The predicted octanol–water partition coefficient (Wildman–Crippen LogP) is 13.5. The van der Waals surface area contributed by atoms with Crippen LogP contribution in [-0.2, 0) is 6.42 Å². The molecule has 4 heterocycles. The van der Waals surface area contributed by atoms with Crippen LogP contribution in [0.5, 0.6) is 0 Å². The minimum Gasteiger partial charge on any atom is -0.309 e. The van der Waals surface area contributed by atoms with E-state index in [1.165, 1.54) is 16.3 Å².